The summed E-state index contributed by atoms with van der Waals surface area (Å²) >= 11 is 6.02. The van der Waals surface area contributed by atoms with E-state index in [1.54, 1.807) is 18.2 Å². The van der Waals surface area contributed by atoms with Crippen LogP contribution in [0, 0.1) is 17.0 Å². The Bertz CT molecular complexity index is 956. The summed E-state index contributed by atoms with van der Waals surface area (Å²) in [7, 11) is 0. The van der Waals surface area contributed by atoms with E-state index in [2.05, 4.69) is 26.1 Å². The van der Waals surface area contributed by atoms with Crippen molar-refractivity contribution in [2.75, 3.05) is 16.8 Å². The van der Waals surface area contributed by atoms with Gasteiger partial charge in [-0.25, -0.2) is 8.78 Å². The Morgan fingerprint density at radius 2 is 1.93 bits per heavy atom. The molecule has 2 aromatic carbocycles. The number of nitrogens with zero attached hydrogens (tertiary/aromatic N) is 1. The number of benzene rings is 2. The van der Waals surface area contributed by atoms with Crippen LogP contribution in [0.3, 0.4) is 0 Å². The second kappa shape index (κ2) is 6.45. The number of amides is 1. The minimum atomic E-state index is -0.917. The lowest BCUT2D eigenvalue weighted by Crippen LogP contribution is -2.49. The number of rotatable bonds is 2. The van der Waals surface area contributed by atoms with E-state index >= 15 is 0 Å². The van der Waals surface area contributed by atoms with Gasteiger partial charge in [-0.15, -0.1) is 0 Å². The van der Waals surface area contributed by atoms with Crippen molar-refractivity contribution in [1.29, 1.82) is 0 Å². The minimum Gasteiger partial charge on any atom is -0.365 e. The van der Waals surface area contributed by atoms with Crippen molar-refractivity contribution in [2.45, 2.75) is 45.1 Å². The van der Waals surface area contributed by atoms with Crippen molar-refractivity contribution in [2.24, 2.45) is 5.41 Å². The van der Waals surface area contributed by atoms with Gasteiger partial charge in [-0.2, -0.15) is 0 Å². The van der Waals surface area contributed by atoms with Crippen LogP contribution in [0.25, 0.3) is 0 Å². The van der Waals surface area contributed by atoms with Gasteiger partial charge in [-0.3, -0.25) is 4.79 Å². The predicted molar refractivity (Wildman–Crippen MR) is 108 cm³/mol. The third-order valence-corrected chi connectivity index (χ3v) is 6.17. The first-order valence-corrected chi connectivity index (χ1v) is 9.84. The average molecular weight is 405 g/mol. The van der Waals surface area contributed by atoms with Crippen LogP contribution in [0.4, 0.5) is 20.2 Å². The SMILES string of the molecule is CC(C)(C)CC1N(c2cccc(Cl)c2F)CCC12C(=O)Nc1c(F)cccc12. The molecular weight excluding hydrogens is 382 g/mol. The lowest BCUT2D eigenvalue weighted by molar-refractivity contribution is -0.121. The summed E-state index contributed by atoms with van der Waals surface area (Å²) in [4.78, 5) is 15.1. The molecule has 1 fully saturated rings. The maximum Gasteiger partial charge on any atom is 0.237 e. The van der Waals surface area contributed by atoms with Crippen LogP contribution in [0.5, 0.6) is 0 Å². The monoisotopic (exact) mass is 404 g/mol. The highest BCUT2D eigenvalue weighted by atomic mass is 35.5. The smallest absolute Gasteiger partial charge is 0.237 e. The average Bonchev–Trinajstić information content (AvgIpc) is 3.11. The van der Waals surface area contributed by atoms with Crippen molar-refractivity contribution < 1.29 is 13.6 Å². The Balaban J connectivity index is 1.89. The molecule has 0 aromatic heterocycles. The number of fused-ring (bicyclic) bond motifs is 2. The number of hydrogen-bond acceptors (Lipinski definition) is 2. The van der Waals surface area contributed by atoms with E-state index in [9.17, 15) is 13.6 Å². The van der Waals surface area contributed by atoms with Gasteiger partial charge in [0.15, 0.2) is 5.82 Å². The predicted octanol–water partition coefficient (Wildman–Crippen LogP) is 5.52. The molecule has 2 aliphatic heterocycles. The molecule has 0 aliphatic carbocycles. The number of anilines is 2. The molecule has 4 rings (SSSR count). The fourth-order valence-electron chi connectivity index (χ4n) is 4.70. The largest absolute Gasteiger partial charge is 0.365 e. The highest BCUT2D eigenvalue weighted by Gasteiger charge is 2.59. The third-order valence-electron chi connectivity index (χ3n) is 5.88. The normalized spacial score (nSPS) is 24.0. The summed E-state index contributed by atoms with van der Waals surface area (Å²) in [6, 6.07) is 9.38. The molecule has 2 unspecified atom stereocenters. The summed E-state index contributed by atoms with van der Waals surface area (Å²) in [6.45, 7) is 6.75. The molecule has 1 spiro atoms. The first-order chi connectivity index (χ1) is 13.1. The summed E-state index contributed by atoms with van der Waals surface area (Å²) in [6.07, 6.45) is 1.13. The van der Waals surface area contributed by atoms with Crippen LogP contribution in [-0.4, -0.2) is 18.5 Å². The van der Waals surface area contributed by atoms with Crippen molar-refractivity contribution in [1.82, 2.24) is 0 Å². The number of para-hydroxylation sites is 1. The summed E-state index contributed by atoms with van der Waals surface area (Å²) in [5.74, 6) is -1.14. The Morgan fingerprint density at radius 1 is 1.21 bits per heavy atom. The van der Waals surface area contributed by atoms with Crippen molar-refractivity contribution in [3.8, 4) is 0 Å². The molecule has 0 radical (unpaired) electrons. The van der Waals surface area contributed by atoms with Gasteiger partial charge in [0.05, 0.1) is 21.8 Å². The number of nitrogens with one attached hydrogen (secondary N) is 1. The molecule has 0 saturated carbocycles. The van der Waals surface area contributed by atoms with Crippen LogP contribution < -0.4 is 10.2 Å². The standard InChI is InChI=1S/C22H23ClF2N2O/c1-21(2,3)12-17-22(13-6-4-8-15(24)19(13)26-20(22)28)10-11-27(17)16-9-5-7-14(23)18(16)25/h4-9,17H,10-12H2,1-3H3,(H,26,28). The lowest BCUT2D eigenvalue weighted by Gasteiger charge is -2.39. The van der Waals surface area contributed by atoms with Crippen LogP contribution in [0.1, 0.15) is 39.2 Å². The highest BCUT2D eigenvalue weighted by Crippen LogP contribution is 2.52. The zero-order valence-corrected chi connectivity index (χ0v) is 16.9. The summed E-state index contributed by atoms with van der Waals surface area (Å²) in [5.41, 5.74) is 0.262. The first kappa shape index (κ1) is 19.2. The van der Waals surface area contributed by atoms with Crippen LogP contribution in [-0.2, 0) is 10.2 Å². The van der Waals surface area contributed by atoms with E-state index in [0.29, 0.717) is 30.6 Å². The molecule has 2 heterocycles. The van der Waals surface area contributed by atoms with Crippen molar-refractivity contribution >= 4 is 28.9 Å². The number of carbonyl (C=O) groups is 1. The van der Waals surface area contributed by atoms with E-state index in [1.165, 1.54) is 12.1 Å². The zero-order valence-electron chi connectivity index (χ0n) is 16.2. The minimum absolute atomic E-state index is 0.0512. The second-order valence-corrected chi connectivity index (χ2v) is 9.29. The topological polar surface area (TPSA) is 32.3 Å². The van der Waals surface area contributed by atoms with E-state index in [0.717, 1.165) is 0 Å². The molecule has 6 heteroatoms. The highest BCUT2D eigenvalue weighted by molar-refractivity contribution is 6.31. The van der Waals surface area contributed by atoms with Gasteiger partial charge < -0.3 is 10.2 Å². The first-order valence-electron chi connectivity index (χ1n) is 9.46. The molecule has 28 heavy (non-hydrogen) atoms. The maximum absolute atomic E-state index is 14.9. The molecule has 1 saturated heterocycles. The lowest BCUT2D eigenvalue weighted by atomic mass is 9.70. The zero-order chi connectivity index (χ0) is 20.3. The van der Waals surface area contributed by atoms with Gasteiger partial charge >= 0.3 is 0 Å². The molecule has 148 valence electrons. The van der Waals surface area contributed by atoms with Gasteiger partial charge in [0.2, 0.25) is 5.91 Å². The molecule has 2 aromatic rings. The maximum atomic E-state index is 14.9. The fourth-order valence-corrected chi connectivity index (χ4v) is 4.87. The molecule has 1 N–H and O–H groups in total. The third kappa shape index (κ3) is 2.79. The molecular formula is C22H23ClF2N2O. The Hall–Kier alpha value is -2.14. The number of halogens is 3. The van der Waals surface area contributed by atoms with Crippen LogP contribution >= 0.6 is 11.6 Å². The number of carbonyl (C=O) groups excluding carboxylic acids is 1. The molecule has 2 atom stereocenters. The summed E-state index contributed by atoms with van der Waals surface area (Å²) < 4.78 is 29.3. The fraction of sp³-hybridized carbons (Fsp3) is 0.409. The van der Waals surface area contributed by atoms with Gasteiger partial charge in [-0.05, 0) is 42.0 Å². The van der Waals surface area contributed by atoms with Gasteiger partial charge in [0.1, 0.15) is 5.82 Å². The Kier molecular flexibility index (Phi) is 4.42. The van der Waals surface area contributed by atoms with Crippen LogP contribution in [0.15, 0.2) is 36.4 Å². The van der Waals surface area contributed by atoms with Crippen molar-refractivity contribution in [3.05, 3.63) is 58.6 Å². The van der Waals surface area contributed by atoms with Crippen molar-refractivity contribution in [3.63, 3.8) is 0 Å². The van der Waals surface area contributed by atoms with E-state index in [-0.39, 0.29) is 28.1 Å². The number of hydrogen-bond donors (Lipinski definition) is 1. The molecule has 1 amide bonds. The van der Waals surface area contributed by atoms with E-state index < -0.39 is 17.0 Å². The molecule has 2 aliphatic rings. The second-order valence-electron chi connectivity index (χ2n) is 8.88. The van der Waals surface area contributed by atoms with Crippen LogP contribution in [0.2, 0.25) is 5.02 Å². The van der Waals surface area contributed by atoms with E-state index in [1.807, 2.05) is 11.0 Å². The quantitative estimate of drug-likeness (QED) is 0.714. The Morgan fingerprint density at radius 3 is 2.64 bits per heavy atom. The van der Waals surface area contributed by atoms with Gasteiger partial charge in [0, 0.05) is 12.6 Å². The van der Waals surface area contributed by atoms with Gasteiger partial charge in [-0.1, -0.05) is 50.6 Å². The van der Waals surface area contributed by atoms with Gasteiger partial charge in [0.25, 0.3) is 0 Å². The Labute approximate surface area is 168 Å². The molecule has 0 bridgehead atoms. The van der Waals surface area contributed by atoms with E-state index in [4.69, 9.17) is 11.6 Å². The summed E-state index contributed by atoms with van der Waals surface area (Å²) in [5, 5.41) is 2.80. The molecule has 3 nitrogen and oxygen atoms in total.